The average Bonchev–Trinajstić information content (AvgIpc) is 3.13. The van der Waals surface area contributed by atoms with Gasteiger partial charge in [-0.25, -0.2) is 0 Å². The molecule has 0 unspecified atom stereocenters. The van der Waals surface area contributed by atoms with Crippen LogP contribution in [-0.2, 0) is 6.54 Å². The molecule has 27 heavy (non-hydrogen) atoms. The van der Waals surface area contributed by atoms with Gasteiger partial charge < -0.3 is 15.4 Å². The van der Waals surface area contributed by atoms with Crippen LogP contribution >= 0.6 is 11.3 Å². The molecule has 2 aromatic carbocycles. The lowest BCUT2D eigenvalue weighted by atomic mass is 10.1. The molecule has 1 aromatic heterocycles. The van der Waals surface area contributed by atoms with E-state index in [0.29, 0.717) is 6.61 Å². The molecule has 0 saturated heterocycles. The molecular formula is C23H30N2OS. The molecular weight excluding hydrogens is 352 g/mol. The van der Waals surface area contributed by atoms with Crippen LogP contribution < -0.4 is 15.4 Å². The summed E-state index contributed by atoms with van der Waals surface area (Å²) < 4.78 is 7.19. The molecule has 0 amide bonds. The number of unbranched alkanes of at least 4 members (excludes halogenated alkanes) is 1. The third-order valence-corrected chi connectivity index (χ3v) is 5.76. The molecule has 2 N–H and O–H groups in total. The summed E-state index contributed by atoms with van der Waals surface area (Å²) in [6.45, 7) is 8.91. The summed E-state index contributed by atoms with van der Waals surface area (Å²) in [5.41, 5.74) is 2.50. The van der Waals surface area contributed by atoms with E-state index in [1.54, 1.807) is 0 Å². The molecule has 3 nitrogen and oxygen atoms in total. The summed E-state index contributed by atoms with van der Waals surface area (Å²) in [7, 11) is 0. The van der Waals surface area contributed by atoms with Gasteiger partial charge in [-0.05, 0) is 80.7 Å². The van der Waals surface area contributed by atoms with Crippen molar-refractivity contribution >= 4 is 21.4 Å². The summed E-state index contributed by atoms with van der Waals surface area (Å²) >= 11 is 1.85. The SMILES string of the molecule is CCNCCCCNCc1cc(-c2cc3ccccc3s2)ccc1OCC. The summed E-state index contributed by atoms with van der Waals surface area (Å²) in [6, 6.07) is 17.4. The van der Waals surface area contributed by atoms with Gasteiger partial charge in [-0.3, -0.25) is 0 Å². The lowest BCUT2D eigenvalue weighted by Crippen LogP contribution is -2.18. The van der Waals surface area contributed by atoms with Gasteiger partial charge >= 0.3 is 0 Å². The van der Waals surface area contributed by atoms with Crippen molar-refractivity contribution in [3.63, 3.8) is 0 Å². The maximum absolute atomic E-state index is 5.85. The largest absolute Gasteiger partial charge is 0.494 e. The fourth-order valence-corrected chi connectivity index (χ4v) is 4.25. The van der Waals surface area contributed by atoms with Crippen molar-refractivity contribution in [2.75, 3.05) is 26.2 Å². The molecule has 0 aliphatic heterocycles. The van der Waals surface area contributed by atoms with E-state index in [9.17, 15) is 0 Å². The molecule has 0 radical (unpaired) electrons. The summed E-state index contributed by atoms with van der Waals surface area (Å²) in [5, 5.41) is 8.26. The van der Waals surface area contributed by atoms with E-state index in [4.69, 9.17) is 4.74 Å². The third-order valence-electron chi connectivity index (χ3n) is 4.59. The van der Waals surface area contributed by atoms with Gasteiger partial charge in [0.05, 0.1) is 6.61 Å². The topological polar surface area (TPSA) is 33.3 Å². The highest BCUT2D eigenvalue weighted by Gasteiger charge is 2.09. The van der Waals surface area contributed by atoms with Crippen LogP contribution in [0.3, 0.4) is 0 Å². The second kappa shape index (κ2) is 10.5. The maximum atomic E-state index is 5.85. The highest BCUT2D eigenvalue weighted by Crippen LogP contribution is 2.35. The highest BCUT2D eigenvalue weighted by molar-refractivity contribution is 7.22. The zero-order valence-corrected chi connectivity index (χ0v) is 17.2. The monoisotopic (exact) mass is 382 g/mol. The Balaban J connectivity index is 1.68. The van der Waals surface area contributed by atoms with E-state index in [1.165, 1.54) is 38.9 Å². The molecule has 4 heteroatoms. The average molecular weight is 383 g/mol. The summed E-state index contributed by atoms with van der Waals surface area (Å²) in [4.78, 5) is 1.31. The molecule has 0 bridgehead atoms. The van der Waals surface area contributed by atoms with E-state index in [-0.39, 0.29) is 0 Å². The molecule has 1 heterocycles. The number of fused-ring (bicyclic) bond motifs is 1. The fourth-order valence-electron chi connectivity index (χ4n) is 3.19. The zero-order valence-electron chi connectivity index (χ0n) is 16.4. The Morgan fingerprint density at radius 1 is 0.926 bits per heavy atom. The van der Waals surface area contributed by atoms with Gasteiger partial charge in [-0.2, -0.15) is 0 Å². The van der Waals surface area contributed by atoms with Gasteiger partial charge in [0.15, 0.2) is 0 Å². The van der Waals surface area contributed by atoms with Crippen LogP contribution in [0.5, 0.6) is 5.75 Å². The van der Waals surface area contributed by atoms with E-state index in [2.05, 4.69) is 66.1 Å². The van der Waals surface area contributed by atoms with Crippen molar-refractivity contribution in [2.45, 2.75) is 33.2 Å². The van der Waals surface area contributed by atoms with Crippen LogP contribution in [-0.4, -0.2) is 26.2 Å². The maximum Gasteiger partial charge on any atom is 0.123 e. The van der Waals surface area contributed by atoms with E-state index in [0.717, 1.165) is 31.9 Å². The Bertz CT molecular complexity index is 810. The number of ether oxygens (including phenoxy) is 1. The van der Waals surface area contributed by atoms with Crippen LogP contribution in [0, 0.1) is 0 Å². The van der Waals surface area contributed by atoms with Gasteiger partial charge in [0.1, 0.15) is 5.75 Å². The van der Waals surface area contributed by atoms with Crippen LogP contribution in [0.15, 0.2) is 48.5 Å². The molecule has 3 aromatic rings. The minimum absolute atomic E-state index is 0.692. The summed E-state index contributed by atoms with van der Waals surface area (Å²) in [5.74, 6) is 0.988. The van der Waals surface area contributed by atoms with Crippen LogP contribution in [0.25, 0.3) is 20.5 Å². The lowest BCUT2D eigenvalue weighted by Gasteiger charge is -2.13. The Kier molecular flexibility index (Phi) is 7.69. The molecule has 0 spiro atoms. The smallest absolute Gasteiger partial charge is 0.123 e. The number of hydrogen-bond donors (Lipinski definition) is 2. The second-order valence-electron chi connectivity index (χ2n) is 6.64. The van der Waals surface area contributed by atoms with Gasteiger partial charge in [-0.1, -0.05) is 25.1 Å². The quantitative estimate of drug-likeness (QED) is 0.433. The Labute approximate surface area is 166 Å². The molecule has 144 valence electrons. The minimum atomic E-state index is 0.692. The first kappa shape index (κ1) is 19.9. The molecule has 0 aliphatic carbocycles. The Morgan fingerprint density at radius 2 is 1.74 bits per heavy atom. The number of hydrogen-bond acceptors (Lipinski definition) is 4. The number of thiophene rings is 1. The Morgan fingerprint density at radius 3 is 2.52 bits per heavy atom. The van der Waals surface area contributed by atoms with Crippen molar-refractivity contribution in [3.8, 4) is 16.2 Å². The first-order valence-electron chi connectivity index (χ1n) is 9.98. The normalized spacial score (nSPS) is 11.2. The van der Waals surface area contributed by atoms with Crippen molar-refractivity contribution in [3.05, 3.63) is 54.1 Å². The molecule has 0 fully saturated rings. The van der Waals surface area contributed by atoms with Crippen molar-refractivity contribution in [1.29, 1.82) is 0 Å². The number of rotatable bonds is 11. The van der Waals surface area contributed by atoms with E-state index >= 15 is 0 Å². The predicted molar refractivity (Wildman–Crippen MR) is 118 cm³/mol. The lowest BCUT2D eigenvalue weighted by molar-refractivity contribution is 0.335. The number of nitrogens with one attached hydrogen (secondary N) is 2. The second-order valence-corrected chi connectivity index (χ2v) is 7.73. The zero-order chi connectivity index (χ0) is 18.9. The van der Waals surface area contributed by atoms with Crippen LogP contribution in [0.4, 0.5) is 0 Å². The Hall–Kier alpha value is -1.88. The predicted octanol–water partition coefficient (Wildman–Crippen LogP) is 5.45. The van der Waals surface area contributed by atoms with Crippen LogP contribution in [0.2, 0.25) is 0 Å². The molecule has 0 aliphatic rings. The molecule has 3 rings (SSSR count). The molecule has 0 saturated carbocycles. The van der Waals surface area contributed by atoms with E-state index < -0.39 is 0 Å². The van der Waals surface area contributed by atoms with Crippen molar-refractivity contribution in [2.24, 2.45) is 0 Å². The van der Waals surface area contributed by atoms with Gasteiger partial charge in [0, 0.05) is 21.7 Å². The third kappa shape index (κ3) is 5.55. The van der Waals surface area contributed by atoms with Crippen LogP contribution in [0.1, 0.15) is 32.3 Å². The fraction of sp³-hybridized carbons (Fsp3) is 0.391. The highest BCUT2D eigenvalue weighted by atomic mass is 32.1. The number of benzene rings is 2. The standard InChI is InChI=1S/C23H30N2OS/c1-3-24-13-7-8-14-25-17-20-15-19(11-12-21(20)26-4-2)23-16-18-9-5-6-10-22(18)27-23/h5-6,9-12,15-16,24-25H,3-4,7-8,13-14,17H2,1-2H3. The first-order valence-corrected chi connectivity index (χ1v) is 10.8. The van der Waals surface area contributed by atoms with Gasteiger partial charge in [-0.15, -0.1) is 11.3 Å². The first-order chi connectivity index (χ1) is 13.3. The summed E-state index contributed by atoms with van der Waals surface area (Å²) in [6.07, 6.45) is 2.40. The van der Waals surface area contributed by atoms with Crippen molar-refractivity contribution in [1.82, 2.24) is 10.6 Å². The van der Waals surface area contributed by atoms with Gasteiger partial charge in [0.25, 0.3) is 0 Å². The van der Waals surface area contributed by atoms with Crippen molar-refractivity contribution < 1.29 is 4.74 Å². The van der Waals surface area contributed by atoms with Gasteiger partial charge in [0.2, 0.25) is 0 Å². The molecule has 0 atom stereocenters. The minimum Gasteiger partial charge on any atom is -0.494 e. The van der Waals surface area contributed by atoms with E-state index in [1.807, 2.05) is 18.3 Å².